The van der Waals surface area contributed by atoms with E-state index >= 15 is 0 Å². The largest absolute Gasteiger partial charge is 1.00 e. The molecule has 7 nitrogen and oxygen atoms in total. The Balaban J connectivity index is 0.00000320. The second-order valence-electron chi connectivity index (χ2n) is 6.61. The van der Waals surface area contributed by atoms with Gasteiger partial charge in [0.15, 0.2) is 0 Å². The molecule has 3 aromatic rings. The quantitative estimate of drug-likeness (QED) is 0.391. The van der Waals surface area contributed by atoms with E-state index in [-0.39, 0.29) is 58.5 Å². The van der Waals surface area contributed by atoms with Crippen molar-refractivity contribution in [3.8, 4) is 5.75 Å². The van der Waals surface area contributed by atoms with Gasteiger partial charge in [0.25, 0.3) is 5.91 Å². The summed E-state index contributed by atoms with van der Waals surface area (Å²) in [5.41, 5.74) is -0.275. The molecule has 0 bridgehead atoms. The van der Waals surface area contributed by atoms with Crippen LogP contribution >= 0.6 is 27.3 Å². The Morgan fingerprint density at radius 2 is 1.83 bits per heavy atom. The summed E-state index contributed by atoms with van der Waals surface area (Å²) < 4.78 is 0.397. The molecule has 0 fully saturated rings. The van der Waals surface area contributed by atoms with Crippen LogP contribution < -0.4 is 35.0 Å². The number of nitrogens with one attached hydrogen (secondary N) is 1. The molecule has 0 saturated heterocycles. The number of carbonyl (C=O) groups is 1. The van der Waals surface area contributed by atoms with Gasteiger partial charge in [0.2, 0.25) is 10.9 Å². The molecule has 10 heteroatoms. The first-order valence-corrected chi connectivity index (χ1v) is 10.5. The van der Waals surface area contributed by atoms with Crippen LogP contribution in [0, 0.1) is 0 Å². The van der Waals surface area contributed by atoms with Crippen LogP contribution in [-0.2, 0) is 0 Å². The Kier molecular flexibility index (Phi) is 7.94. The minimum Gasteiger partial charge on any atom is -0.648 e. The smallest absolute Gasteiger partial charge is 0.648 e. The molecule has 0 unspecified atom stereocenters. The van der Waals surface area contributed by atoms with Crippen molar-refractivity contribution in [1.29, 1.82) is 0 Å². The predicted molar refractivity (Wildman–Crippen MR) is 119 cm³/mol. The number of thiophene rings is 1. The number of hydrogen-bond donors (Lipinski definition) is 2. The molecule has 0 aliphatic heterocycles. The Hall–Kier alpha value is -2.05. The Morgan fingerprint density at radius 1 is 1.20 bits per heavy atom. The third-order valence-electron chi connectivity index (χ3n) is 4.46. The summed E-state index contributed by atoms with van der Waals surface area (Å²) in [6.45, 7) is 1.97. The van der Waals surface area contributed by atoms with Crippen molar-refractivity contribution >= 4 is 50.2 Å². The third-order valence-corrected chi connectivity index (χ3v) is 6.26. The zero-order chi connectivity index (χ0) is 21.3. The average molecular weight is 484 g/mol. The average Bonchev–Trinajstić information content (AvgIpc) is 3.00. The van der Waals surface area contributed by atoms with Crippen molar-refractivity contribution in [3.63, 3.8) is 0 Å². The molecular formula is C20H19BrLiN3O4S. The molecule has 152 valence electrons. The van der Waals surface area contributed by atoms with E-state index in [9.17, 15) is 19.5 Å². The fraction of sp³-hybridized carbons (Fsp3) is 0.250. The second-order valence-corrected chi connectivity index (χ2v) is 8.95. The Morgan fingerprint density at radius 3 is 2.40 bits per heavy atom. The number of rotatable bonds is 7. The minimum atomic E-state index is -0.728. The zero-order valence-electron chi connectivity index (χ0n) is 17.0. The number of halogens is 1. The molecule has 1 amide bonds. The summed E-state index contributed by atoms with van der Waals surface area (Å²) >= 11 is 4.29. The van der Waals surface area contributed by atoms with E-state index in [1.165, 1.54) is 4.90 Å². The minimum absolute atomic E-state index is 0. The van der Waals surface area contributed by atoms with Crippen LogP contribution in [-0.4, -0.2) is 30.0 Å². The van der Waals surface area contributed by atoms with E-state index in [0.29, 0.717) is 10.2 Å². The molecule has 0 radical (unpaired) electrons. The van der Waals surface area contributed by atoms with Gasteiger partial charge >= 0.3 is 18.9 Å². The monoisotopic (exact) mass is 483 g/mol. The number of hydrogen-bond acceptors (Lipinski definition) is 6. The van der Waals surface area contributed by atoms with Gasteiger partial charge in [0.05, 0.1) is 15.5 Å². The predicted octanol–water partition coefficient (Wildman–Crippen LogP) is 1.42. The summed E-state index contributed by atoms with van der Waals surface area (Å²) in [5.74, 6) is -0.706. The summed E-state index contributed by atoms with van der Waals surface area (Å²) in [5, 5.41) is 17.8. The van der Waals surface area contributed by atoms with Gasteiger partial charge in [-0.25, -0.2) is 0 Å². The summed E-state index contributed by atoms with van der Waals surface area (Å²) in [6.07, 6.45) is 0.692. The SMILES string of the molecule is CC[C@@H](Nc1c([N-]c2c(Br)sc(C(=O)N(C)C)c2O)c(=O)c1=O)c1ccccc1.[Li+]. The van der Waals surface area contributed by atoms with Gasteiger partial charge in [-0.3, -0.25) is 14.4 Å². The van der Waals surface area contributed by atoms with Crippen LogP contribution in [0.3, 0.4) is 0 Å². The molecule has 3 rings (SSSR count). The molecule has 1 heterocycles. The molecule has 1 atom stereocenters. The van der Waals surface area contributed by atoms with E-state index in [0.717, 1.165) is 16.9 Å². The van der Waals surface area contributed by atoms with Gasteiger partial charge in [-0.05, 0) is 27.9 Å². The zero-order valence-corrected chi connectivity index (χ0v) is 19.4. The van der Waals surface area contributed by atoms with Crippen LogP contribution in [0.5, 0.6) is 5.75 Å². The van der Waals surface area contributed by atoms with Gasteiger partial charge in [0, 0.05) is 14.1 Å². The van der Waals surface area contributed by atoms with E-state index < -0.39 is 10.9 Å². The van der Waals surface area contributed by atoms with Gasteiger partial charge in [-0.1, -0.05) is 48.6 Å². The van der Waals surface area contributed by atoms with Crippen molar-refractivity contribution in [1.82, 2.24) is 4.90 Å². The summed E-state index contributed by atoms with van der Waals surface area (Å²) in [7, 11) is 3.14. The van der Waals surface area contributed by atoms with E-state index in [1.807, 2.05) is 37.3 Å². The van der Waals surface area contributed by atoms with E-state index in [1.54, 1.807) is 14.1 Å². The normalized spacial score (nSPS) is 11.6. The van der Waals surface area contributed by atoms with Crippen molar-refractivity contribution < 1.29 is 28.8 Å². The third kappa shape index (κ3) is 4.49. The van der Waals surface area contributed by atoms with Crippen molar-refractivity contribution in [2.75, 3.05) is 19.4 Å². The number of anilines is 1. The van der Waals surface area contributed by atoms with E-state index in [2.05, 4.69) is 26.6 Å². The summed E-state index contributed by atoms with van der Waals surface area (Å²) in [4.78, 5) is 37.9. The molecule has 30 heavy (non-hydrogen) atoms. The van der Waals surface area contributed by atoms with Crippen molar-refractivity contribution in [2.24, 2.45) is 0 Å². The molecule has 0 saturated carbocycles. The van der Waals surface area contributed by atoms with Crippen LogP contribution in [0.15, 0.2) is 43.7 Å². The van der Waals surface area contributed by atoms with Gasteiger partial charge in [-0.15, -0.1) is 11.3 Å². The molecule has 0 aliphatic carbocycles. The molecule has 1 aromatic heterocycles. The maximum atomic E-state index is 12.2. The van der Waals surface area contributed by atoms with Crippen LogP contribution in [0.1, 0.15) is 34.6 Å². The Bertz CT molecular complexity index is 1120. The number of nitrogens with zero attached hydrogens (tertiary/aromatic N) is 2. The van der Waals surface area contributed by atoms with Crippen LogP contribution in [0.4, 0.5) is 17.1 Å². The van der Waals surface area contributed by atoms with Crippen molar-refractivity contribution in [3.05, 3.63) is 70.3 Å². The standard InChI is InChI=1S/C20H20BrN3O4S.Li/c1-4-11(10-8-6-5-7-9-10)22-12-13(16(26)15(12)25)23-14-17(27)18(29-19(14)21)20(28)24(2)3;/h5-9,11H,4H2,1-3H3,(H3,22,23,25,26,27,28);/q;+1/p-1/t11-;/m1./s1. The molecule has 2 N–H and O–H groups in total. The fourth-order valence-electron chi connectivity index (χ4n) is 2.84. The van der Waals surface area contributed by atoms with Gasteiger partial charge < -0.3 is 20.6 Å². The van der Waals surface area contributed by atoms with Crippen LogP contribution in [0.25, 0.3) is 5.32 Å². The fourth-order valence-corrected chi connectivity index (χ4v) is 4.49. The molecule has 0 aliphatic rings. The topological polar surface area (TPSA) is 101 Å². The van der Waals surface area contributed by atoms with E-state index in [4.69, 9.17) is 0 Å². The molecule has 0 spiro atoms. The number of aromatic hydroxyl groups is 1. The summed E-state index contributed by atoms with van der Waals surface area (Å²) in [6, 6.07) is 9.40. The number of benzene rings is 1. The maximum Gasteiger partial charge on any atom is 1.00 e. The van der Waals surface area contributed by atoms with Gasteiger partial charge in [-0.2, -0.15) is 0 Å². The van der Waals surface area contributed by atoms with Crippen LogP contribution in [0.2, 0.25) is 0 Å². The second kappa shape index (κ2) is 9.84. The number of carbonyl (C=O) groups excluding carboxylic acids is 1. The first kappa shape index (κ1) is 24.2. The molecule has 2 aromatic carbocycles. The molecular weight excluding hydrogens is 465 g/mol. The van der Waals surface area contributed by atoms with Crippen molar-refractivity contribution in [2.45, 2.75) is 19.4 Å². The maximum absolute atomic E-state index is 12.2. The first-order valence-electron chi connectivity index (χ1n) is 8.85. The first-order chi connectivity index (χ1) is 13.8. The number of amides is 1. The van der Waals surface area contributed by atoms with Gasteiger partial charge in [0.1, 0.15) is 10.6 Å². The Labute approximate surface area is 198 Å².